The zero-order valence-electron chi connectivity index (χ0n) is 8.81. The maximum absolute atomic E-state index is 11.7. The fourth-order valence-electron chi connectivity index (χ4n) is 1.99. The zero-order valence-corrected chi connectivity index (χ0v) is 9.71. The van der Waals surface area contributed by atoms with Gasteiger partial charge in [0.2, 0.25) is 5.91 Å². The predicted molar refractivity (Wildman–Crippen MR) is 65.6 cm³/mol. The van der Waals surface area contributed by atoms with Crippen LogP contribution in [0.25, 0.3) is 0 Å². The number of hydrogen-bond donors (Lipinski definition) is 1. The molecular weight excluding hydrogens is 206 g/mol. The first kappa shape index (κ1) is 10.6. The lowest BCUT2D eigenvalue weighted by atomic mass is 10.1. The summed E-state index contributed by atoms with van der Waals surface area (Å²) in [5.74, 6) is 0.191. The quantitative estimate of drug-likeness (QED) is 0.760. The van der Waals surface area contributed by atoms with E-state index in [2.05, 4.69) is 25.6 Å². The molecule has 2 rings (SSSR count). The van der Waals surface area contributed by atoms with Crippen LogP contribution in [0.2, 0.25) is 0 Å². The number of hydrogen-bond acceptors (Lipinski definition) is 2. The van der Waals surface area contributed by atoms with Gasteiger partial charge in [0, 0.05) is 23.9 Å². The van der Waals surface area contributed by atoms with Gasteiger partial charge in [-0.25, -0.2) is 0 Å². The summed E-state index contributed by atoms with van der Waals surface area (Å²) in [5.41, 5.74) is 2.29. The van der Waals surface area contributed by atoms with Gasteiger partial charge in [0.1, 0.15) is 0 Å². The maximum atomic E-state index is 11.7. The summed E-state index contributed by atoms with van der Waals surface area (Å²) < 4.78 is 0. The molecule has 1 atom stereocenters. The van der Waals surface area contributed by atoms with Crippen molar-refractivity contribution in [3.63, 3.8) is 0 Å². The highest BCUT2D eigenvalue weighted by molar-refractivity contribution is 7.81. The number of thiol groups is 1. The molecule has 0 aliphatic carbocycles. The molecular formula is C12H15NOS. The van der Waals surface area contributed by atoms with Crippen molar-refractivity contribution in [2.75, 3.05) is 11.4 Å². The van der Waals surface area contributed by atoms with Crippen LogP contribution in [0.3, 0.4) is 0 Å². The summed E-state index contributed by atoms with van der Waals surface area (Å²) in [4.78, 5) is 13.6. The largest absolute Gasteiger partial charge is 0.311 e. The normalized spacial score (nSPS) is 21.1. The summed E-state index contributed by atoms with van der Waals surface area (Å²) in [5, 5.41) is 0.183. The predicted octanol–water partition coefficient (Wildman–Crippen LogP) is 2.28. The molecule has 0 bridgehead atoms. The lowest BCUT2D eigenvalue weighted by molar-refractivity contribution is -0.117. The number of anilines is 1. The first-order valence-corrected chi connectivity index (χ1v) is 5.80. The molecule has 0 aromatic heterocycles. The highest BCUT2D eigenvalue weighted by Crippen LogP contribution is 2.27. The van der Waals surface area contributed by atoms with Gasteiger partial charge in [-0.15, -0.1) is 0 Å². The number of rotatable bonds is 2. The fraction of sp³-hybridized carbons (Fsp3) is 0.417. The molecule has 1 amide bonds. The Kier molecular flexibility index (Phi) is 3.00. The molecule has 1 aliphatic heterocycles. The van der Waals surface area contributed by atoms with Crippen LogP contribution in [-0.4, -0.2) is 17.7 Å². The van der Waals surface area contributed by atoms with Gasteiger partial charge in [-0.3, -0.25) is 4.79 Å². The van der Waals surface area contributed by atoms with Gasteiger partial charge in [-0.05, 0) is 18.1 Å². The topological polar surface area (TPSA) is 20.3 Å². The minimum absolute atomic E-state index is 0.183. The second-order valence-electron chi connectivity index (χ2n) is 3.84. The Balaban J connectivity index is 2.33. The summed E-state index contributed by atoms with van der Waals surface area (Å²) in [6.45, 7) is 2.84. The molecule has 0 radical (unpaired) electrons. The van der Waals surface area contributed by atoms with E-state index in [0.717, 1.165) is 18.7 Å². The number of carbonyl (C=O) groups is 1. The van der Waals surface area contributed by atoms with Gasteiger partial charge in [0.15, 0.2) is 0 Å². The molecule has 2 nitrogen and oxygen atoms in total. The second-order valence-corrected chi connectivity index (χ2v) is 4.57. The standard InChI is InChI=1S/C12H15NOS/c1-2-9-5-3-4-6-11(9)13-8-10(15)7-12(13)14/h3-6,10,15H,2,7-8H2,1H3. The van der Waals surface area contributed by atoms with Crippen LogP contribution >= 0.6 is 12.6 Å². The maximum Gasteiger partial charge on any atom is 0.228 e. The summed E-state index contributed by atoms with van der Waals surface area (Å²) in [7, 11) is 0. The third-order valence-corrected chi connectivity index (χ3v) is 3.11. The third-order valence-electron chi connectivity index (χ3n) is 2.77. The van der Waals surface area contributed by atoms with Crippen molar-refractivity contribution in [1.29, 1.82) is 0 Å². The van der Waals surface area contributed by atoms with Crippen LogP contribution in [0.1, 0.15) is 18.9 Å². The Bertz CT molecular complexity index is 378. The first-order chi connectivity index (χ1) is 7.22. The first-order valence-electron chi connectivity index (χ1n) is 5.28. The average Bonchev–Trinajstić information content (AvgIpc) is 2.57. The smallest absolute Gasteiger partial charge is 0.228 e. The Morgan fingerprint density at radius 2 is 2.20 bits per heavy atom. The van der Waals surface area contributed by atoms with E-state index in [0.29, 0.717) is 6.42 Å². The summed E-state index contributed by atoms with van der Waals surface area (Å²) >= 11 is 4.36. The molecule has 1 saturated heterocycles. The van der Waals surface area contributed by atoms with E-state index in [1.54, 1.807) is 0 Å². The minimum atomic E-state index is 0.183. The van der Waals surface area contributed by atoms with E-state index in [9.17, 15) is 4.79 Å². The van der Waals surface area contributed by atoms with Gasteiger partial charge in [-0.2, -0.15) is 12.6 Å². The summed E-state index contributed by atoms with van der Waals surface area (Å²) in [6, 6.07) is 8.09. The van der Waals surface area contributed by atoms with Crippen molar-refractivity contribution < 1.29 is 4.79 Å². The molecule has 1 aliphatic rings. The molecule has 1 fully saturated rings. The number of benzene rings is 1. The Morgan fingerprint density at radius 3 is 2.80 bits per heavy atom. The molecule has 0 saturated carbocycles. The molecule has 15 heavy (non-hydrogen) atoms. The van der Waals surface area contributed by atoms with Crippen LogP contribution < -0.4 is 4.90 Å². The minimum Gasteiger partial charge on any atom is -0.311 e. The molecule has 1 aromatic rings. The fourth-order valence-corrected chi connectivity index (χ4v) is 2.31. The molecule has 1 unspecified atom stereocenters. The average molecular weight is 221 g/mol. The van der Waals surface area contributed by atoms with E-state index in [4.69, 9.17) is 0 Å². The van der Waals surface area contributed by atoms with Gasteiger partial charge in [-0.1, -0.05) is 25.1 Å². The van der Waals surface area contributed by atoms with Crippen LogP contribution in [0.4, 0.5) is 5.69 Å². The SMILES string of the molecule is CCc1ccccc1N1CC(S)CC1=O. The Labute approximate surface area is 95.7 Å². The van der Waals surface area contributed by atoms with Crippen molar-refractivity contribution in [2.45, 2.75) is 25.0 Å². The number of aryl methyl sites for hydroxylation is 1. The van der Waals surface area contributed by atoms with Gasteiger partial charge in [0.05, 0.1) is 0 Å². The number of nitrogens with zero attached hydrogens (tertiary/aromatic N) is 1. The Hall–Kier alpha value is -0.960. The number of carbonyl (C=O) groups excluding carboxylic acids is 1. The molecule has 1 aromatic carbocycles. The zero-order chi connectivity index (χ0) is 10.8. The van der Waals surface area contributed by atoms with Gasteiger partial charge < -0.3 is 4.90 Å². The van der Waals surface area contributed by atoms with E-state index in [1.165, 1.54) is 5.56 Å². The van der Waals surface area contributed by atoms with Crippen LogP contribution in [0.15, 0.2) is 24.3 Å². The van der Waals surface area contributed by atoms with Crippen molar-refractivity contribution in [1.82, 2.24) is 0 Å². The van der Waals surface area contributed by atoms with Crippen molar-refractivity contribution >= 4 is 24.2 Å². The highest BCUT2D eigenvalue weighted by atomic mass is 32.1. The van der Waals surface area contributed by atoms with Crippen LogP contribution in [-0.2, 0) is 11.2 Å². The van der Waals surface area contributed by atoms with Crippen molar-refractivity contribution in [3.05, 3.63) is 29.8 Å². The highest BCUT2D eigenvalue weighted by Gasteiger charge is 2.29. The number of amides is 1. The van der Waals surface area contributed by atoms with E-state index in [1.807, 2.05) is 23.1 Å². The Morgan fingerprint density at radius 1 is 1.47 bits per heavy atom. The van der Waals surface area contributed by atoms with Crippen LogP contribution in [0, 0.1) is 0 Å². The van der Waals surface area contributed by atoms with Crippen molar-refractivity contribution in [2.24, 2.45) is 0 Å². The third kappa shape index (κ3) is 2.02. The molecule has 0 N–H and O–H groups in total. The van der Waals surface area contributed by atoms with E-state index < -0.39 is 0 Å². The molecule has 0 spiro atoms. The lowest BCUT2D eigenvalue weighted by Gasteiger charge is -2.19. The number of para-hydroxylation sites is 1. The van der Waals surface area contributed by atoms with Gasteiger partial charge in [0.25, 0.3) is 0 Å². The monoisotopic (exact) mass is 221 g/mol. The molecule has 3 heteroatoms. The van der Waals surface area contributed by atoms with Crippen LogP contribution in [0.5, 0.6) is 0 Å². The van der Waals surface area contributed by atoms with Gasteiger partial charge >= 0.3 is 0 Å². The lowest BCUT2D eigenvalue weighted by Crippen LogP contribution is -2.25. The van der Waals surface area contributed by atoms with E-state index >= 15 is 0 Å². The molecule has 1 heterocycles. The van der Waals surface area contributed by atoms with E-state index in [-0.39, 0.29) is 11.2 Å². The summed E-state index contributed by atoms with van der Waals surface area (Å²) in [6.07, 6.45) is 1.51. The second kappa shape index (κ2) is 4.27. The molecule has 80 valence electrons. The van der Waals surface area contributed by atoms with Crippen molar-refractivity contribution in [3.8, 4) is 0 Å².